The second-order valence-corrected chi connectivity index (χ2v) is 2.34. The zero-order valence-electron chi connectivity index (χ0n) is 7.65. The number of aromatic hydroxyl groups is 1. The molecule has 0 heterocycles. The van der Waals surface area contributed by atoms with Crippen molar-refractivity contribution < 1.29 is 39.2 Å². The topological polar surface area (TPSA) is 20.2 Å². The number of rotatable bonds is 0. The first-order valence-electron chi connectivity index (χ1n) is 3.85. The molecule has 74 valence electrons. The third-order valence-corrected chi connectivity index (χ3v) is 1.34. The van der Waals surface area contributed by atoms with Crippen LogP contribution in [0.5, 0.6) is 5.75 Å². The van der Waals surface area contributed by atoms with E-state index in [1.807, 2.05) is 18.2 Å². The number of benzene rings is 1. The van der Waals surface area contributed by atoms with Crippen LogP contribution < -0.4 is 12.4 Å². The molecule has 1 aromatic carbocycles. The van der Waals surface area contributed by atoms with E-state index in [0.29, 0.717) is 5.75 Å². The summed E-state index contributed by atoms with van der Waals surface area (Å²) in [7, 11) is 0. The standard InChI is InChI=1S/C6H6O.C5H5.ClH.Ti/c7-6-4-2-1-3-5-6;1-2-4-5-3-1;;/h1-5,7H;1-3H,4H2;1H;/q;-1;;/p-1. The SMILES string of the molecule is Oc1ccccc1.[C-]1=CC=CC1.[Cl-].[Ti]. The quantitative estimate of drug-likeness (QED) is 0.489. The minimum absolute atomic E-state index is 0. The molecule has 1 aliphatic carbocycles. The Morgan fingerprint density at radius 2 is 1.79 bits per heavy atom. The minimum atomic E-state index is 0. The van der Waals surface area contributed by atoms with Crippen LogP contribution in [0.2, 0.25) is 0 Å². The van der Waals surface area contributed by atoms with Gasteiger partial charge in [0.05, 0.1) is 0 Å². The second-order valence-electron chi connectivity index (χ2n) is 2.34. The van der Waals surface area contributed by atoms with Crippen LogP contribution in [-0.2, 0) is 21.7 Å². The molecule has 1 aromatic rings. The summed E-state index contributed by atoms with van der Waals surface area (Å²) >= 11 is 0. The van der Waals surface area contributed by atoms with E-state index in [1.54, 1.807) is 24.3 Å². The average Bonchev–Trinajstić information content (AvgIpc) is 2.62. The number of halogens is 1. The molecule has 0 spiro atoms. The van der Waals surface area contributed by atoms with Crippen molar-refractivity contribution in [2.75, 3.05) is 0 Å². The summed E-state index contributed by atoms with van der Waals surface area (Å²) in [5.41, 5.74) is 0. The fraction of sp³-hybridized carbons (Fsp3) is 0.0909. The zero-order valence-corrected chi connectivity index (χ0v) is 9.97. The number of phenols is 1. The van der Waals surface area contributed by atoms with Gasteiger partial charge in [0.1, 0.15) is 5.75 Å². The van der Waals surface area contributed by atoms with Crippen LogP contribution in [0.1, 0.15) is 6.42 Å². The third kappa shape index (κ3) is 8.12. The van der Waals surface area contributed by atoms with E-state index in [-0.39, 0.29) is 34.1 Å². The Balaban J connectivity index is 0. The van der Waals surface area contributed by atoms with Crippen molar-refractivity contribution in [3.05, 3.63) is 54.6 Å². The van der Waals surface area contributed by atoms with Crippen molar-refractivity contribution in [2.45, 2.75) is 6.42 Å². The van der Waals surface area contributed by atoms with Crippen LogP contribution in [0, 0.1) is 6.08 Å². The second kappa shape index (κ2) is 10.6. The summed E-state index contributed by atoms with van der Waals surface area (Å²) in [6.07, 6.45) is 10.0. The number of allylic oxidation sites excluding steroid dienone is 4. The monoisotopic (exact) mass is 242 g/mol. The summed E-state index contributed by atoms with van der Waals surface area (Å²) in [5, 5.41) is 8.63. The van der Waals surface area contributed by atoms with Crippen molar-refractivity contribution in [1.29, 1.82) is 0 Å². The average molecular weight is 243 g/mol. The van der Waals surface area contributed by atoms with Gasteiger partial charge in [0.2, 0.25) is 0 Å². The molecule has 0 fully saturated rings. The summed E-state index contributed by atoms with van der Waals surface area (Å²) in [5.74, 6) is 0.322. The smallest absolute Gasteiger partial charge is 0.115 e. The molecule has 0 bridgehead atoms. The number of para-hydroxylation sites is 1. The molecule has 1 N–H and O–H groups in total. The molecule has 0 atom stereocenters. The van der Waals surface area contributed by atoms with Gasteiger partial charge in [0, 0.05) is 21.7 Å². The molecule has 0 saturated carbocycles. The van der Waals surface area contributed by atoms with Crippen LogP contribution >= 0.6 is 0 Å². The van der Waals surface area contributed by atoms with Gasteiger partial charge in [0.15, 0.2) is 0 Å². The maximum absolute atomic E-state index is 8.63. The van der Waals surface area contributed by atoms with Crippen LogP contribution in [0.15, 0.2) is 48.6 Å². The molecule has 0 radical (unpaired) electrons. The Kier molecular flexibility index (Phi) is 12.1. The van der Waals surface area contributed by atoms with Gasteiger partial charge in [-0.3, -0.25) is 6.08 Å². The predicted octanol–water partition coefficient (Wildman–Crippen LogP) is -0.301. The van der Waals surface area contributed by atoms with Crippen molar-refractivity contribution >= 4 is 0 Å². The summed E-state index contributed by atoms with van der Waals surface area (Å²) in [6, 6.07) is 8.71. The van der Waals surface area contributed by atoms with Gasteiger partial charge in [0.25, 0.3) is 0 Å². The van der Waals surface area contributed by atoms with Gasteiger partial charge in [-0.05, 0) is 12.1 Å². The third-order valence-electron chi connectivity index (χ3n) is 1.34. The predicted molar refractivity (Wildman–Crippen MR) is 49.7 cm³/mol. The van der Waals surface area contributed by atoms with Gasteiger partial charge in [-0.15, -0.1) is 6.42 Å². The molecule has 2 rings (SSSR count). The van der Waals surface area contributed by atoms with Gasteiger partial charge >= 0.3 is 0 Å². The number of hydrogen-bond donors (Lipinski definition) is 1. The summed E-state index contributed by atoms with van der Waals surface area (Å²) < 4.78 is 0. The van der Waals surface area contributed by atoms with E-state index in [4.69, 9.17) is 5.11 Å². The van der Waals surface area contributed by atoms with Crippen molar-refractivity contribution in [3.8, 4) is 5.75 Å². The molecular weight excluding hydrogens is 231 g/mol. The van der Waals surface area contributed by atoms with Gasteiger partial charge in [-0.25, -0.2) is 12.2 Å². The fourth-order valence-corrected chi connectivity index (χ4v) is 0.768. The van der Waals surface area contributed by atoms with Crippen molar-refractivity contribution in [1.82, 2.24) is 0 Å². The molecule has 1 nitrogen and oxygen atoms in total. The summed E-state index contributed by atoms with van der Waals surface area (Å²) in [4.78, 5) is 0. The first kappa shape index (κ1) is 16.0. The fourth-order valence-electron chi connectivity index (χ4n) is 0.768. The minimum Gasteiger partial charge on any atom is -1.00 e. The molecule has 3 heteroatoms. The Morgan fingerprint density at radius 1 is 1.14 bits per heavy atom. The number of phenolic OH excluding ortho intramolecular Hbond substituents is 1. The van der Waals surface area contributed by atoms with Crippen LogP contribution in [0.3, 0.4) is 0 Å². The Bertz CT molecular complexity index is 260. The molecule has 0 aromatic heterocycles. The van der Waals surface area contributed by atoms with Crippen molar-refractivity contribution in [3.63, 3.8) is 0 Å². The van der Waals surface area contributed by atoms with E-state index in [9.17, 15) is 0 Å². The maximum atomic E-state index is 8.63. The Labute approximate surface area is 106 Å². The Morgan fingerprint density at radius 3 is 2.00 bits per heavy atom. The largest absolute Gasteiger partial charge is 1.00 e. The zero-order chi connectivity index (χ0) is 8.65. The molecular formula is C11H11ClOTi-2. The van der Waals surface area contributed by atoms with Crippen LogP contribution in [0.4, 0.5) is 0 Å². The number of hydrogen-bond acceptors (Lipinski definition) is 1. The van der Waals surface area contributed by atoms with Crippen molar-refractivity contribution in [2.24, 2.45) is 0 Å². The maximum Gasteiger partial charge on any atom is 0.115 e. The van der Waals surface area contributed by atoms with Gasteiger partial charge < -0.3 is 17.5 Å². The first-order chi connectivity index (χ1) is 5.89. The van der Waals surface area contributed by atoms with E-state index in [2.05, 4.69) is 12.2 Å². The molecule has 14 heavy (non-hydrogen) atoms. The van der Waals surface area contributed by atoms with Crippen LogP contribution in [0.25, 0.3) is 0 Å². The van der Waals surface area contributed by atoms with E-state index in [1.165, 1.54) is 0 Å². The molecule has 1 aliphatic rings. The summed E-state index contributed by atoms with van der Waals surface area (Å²) in [6.45, 7) is 0. The molecule has 0 unspecified atom stereocenters. The molecule has 0 amide bonds. The first-order valence-corrected chi connectivity index (χ1v) is 3.85. The van der Waals surface area contributed by atoms with E-state index >= 15 is 0 Å². The Hall–Kier alpha value is -0.496. The molecule has 0 aliphatic heterocycles. The van der Waals surface area contributed by atoms with Crippen LogP contribution in [-0.4, -0.2) is 5.11 Å². The van der Waals surface area contributed by atoms with Gasteiger partial charge in [-0.2, -0.15) is 6.08 Å². The molecule has 0 saturated heterocycles. The normalized spacial score (nSPS) is 10.6. The van der Waals surface area contributed by atoms with Gasteiger partial charge in [-0.1, -0.05) is 18.2 Å². The van der Waals surface area contributed by atoms with E-state index in [0.717, 1.165) is 6.42 Å². The van der Waals surface area contributed by atoms with E-state index < -0.39 is 0 Å².